The second-order valence-electron chi connectivity index (χ2n) is 27.2. The molecule has 69 heavy (non-hydrogen) atoms. The molecule has 0 radical (unpaired) electrons. The van der Waals surface area contributed by atoms with Crippen molar-refractivity contribution >= 4 is 68.2 Å². The zero-order valence-corrected chi connectivity index (χ0v) is 44.6. The lowest BCUT2D eigenvalue weighted by Gasteiger charge is -2.43. The highest BCUT2D eigenvalue weighted by molar-refractivity contribution is 6.73. The maximum absolute atomic E-state index is 7.44. The van der Waals surface area contributed by atoms with E-state index in [-0.39, 0.29) is 37.9 Å². The monoisotopic (exact) mass is 909 g/mol. The van der Waals surface area contributed by atoms with E-state index in [0.717, 1.165) is 24.1 Å². The van der Waals surface area contributed by atoms with Crippen molar-refractivity contribution in [2.45, 2.75) is 174 Å². The average molecular weight is 909 g/mol. The molecule has 4 aliphatic rings. The van der Waals surface area contributed by atoms with Crippen molar-refractivity contribution in [2.24, 2.45) is 0 Å². The molecule has 3 nitrogen and oxygen atoms in total. The third-order valence-electron chi connectivity index (χ3n) is 18.3. The summed E-state index contributed by atoms with van der Waals surface area (Å²) < 4.78 is 7.44. The van der Waals surface area contributed by atoms with Crippen LogP contribution in [-0.2, 0) is 37.9 Å². The predicted octanol–water partition coefficient (Wildman–Crippen LogP) is 16.5. The summed E-state index contributed by atoms with van der Waals surface area (Å²) in [5.74, 6) is 0. The van der Waals surface area contributed by atoms with Gasteiger partial charge in [-0.05, 0) is 179 Å². The predicted molar refractivity (Wildman–Crippen MR) is 298 cm³/mol. The van der Waals surface area contributed by atoms with E-state index in [0.29, 0.717) is 7.28 Å². The molecule has 6 aromatic carbocycles. The van der Waals surface area contributed by atoms with Crippen LogP contribution in [-0.4, -0.2) is 12.3 Å². The number of nitrogens with zero attached hydrogens (tertiary/aromatic N) is 1. The van der Waals surface area contributed by atoms with Gasteiger partial charge in [-0.2, -0.15) is 0 Å². The van der Waals surface area contributed by atoms with E-state index in [9.17, 15) is 0 Å². The lowest BCUT2D eigenvalue weighted by atomic mass is 9.59. The number of anilines is 3. The third-order valence-corrected chi connectivity index (χ3v) is 18.3. The second-order valence-corrected chi connectivity index (χ2v) is 27.2. The molecule has 0 saturated carbocycles. The maximum atomic E-state index is 7.44. The molecule has 2 aromatic heterocycles. The number of furan rings is 1. The molecule has 0 saturated heterocycles. The van der Waals surface area contributed by atoms with Gasteiger partial charge in [0.15, 0.2) is 0 Å². The molecule has 12 rings (SSSR count). The molecule has 352 valence electrons. The molecule has 0 bridgehead atoms. The number of H-pyrrole nitrogens is 1. The Morgan fingerprint density at radius 1 is 0.522 bits per heavy atom. The molecule has 8 aromatic rings. The molecule has 1 N–H and O–H groups in total. The van der Waals surface area contributed by atoms with E-state index >= 15 is 0 Å². The molecule has 0 atom stereocenters. The molecule has 3 aliphatic carbocycles. The van der Waals surface area contributed by atoms with Gasteiger partial charge in [0.2, 0.25) is 7.28 Å². The number of rotatable bonds is 2. The topological polar surface area (TPSA) is 32.2 Å². The van der Waals surface area contributed by atoms with Gasteiger partial charge in [-0.3, -0.25) is 0 Å². The Morgan fingerprint density at radius 2 is 1.13 bits per heavy atom. The van der Waals surface area contributed by atoms with Gasteiger partial charge in [0, 0.05) is 44.0 Å². The van der Waals surface area contributed by atoms with Crippen molar-refractivity contribution in [1.29, 1.82) is 0 Å². The van der Waals surface area contributed by atoms with Crippen LogP contribution in [0.4, 0.5) is 17.1 Å². The van der Waals surface area contributed by atoms with Crippen molar-refractivity contribution in [2.75, 3.05) is 4.90 Å². The van der Waals surface area contributed by atoms with E-state index in [1.165, 1.54) is 129 Å². The number of hydrogen-bond acceptors (Lipinski definition) is 2. The van der Waals surface area contributed by atoms with Gasteiger partial charge in [-0.25, -0.2) is 0 Å². The molecule has 0 unspecified atom stereocenters. The van der Waals surface area contributed by atoms with Crippen LogP contribution < -0.4 is 16.0 Å². The number of fused-ring (bicyclic) bond motifs is 12. The van der Waals surface area contributed by atoms with Gasteiger partial charge in [0.25, 0.3) is 0 Å². The highest BCUT2D eigenvalue weighted by Gasteiger charge is 2.45. The zero-order chi connectivity index (χ0) is 48.9. The molecular weight excluding hydrogens is 836 g/mol. The van der Waals surface area contributed by atoms with Crippen molar-refractivity contribution in [3.8, 4) is 22.3 Å². The van der Waals surface area contributed by atoms with Crippen molar-refractivity contribution in [3.05, 3.63) is 136 Å². The standard InChI is InChI=1S/C65H73BN2O/c1-59(2,3)36-21-24-50-40(29-36)41-30-37(60(4,5)6)31-43(56(41)67-50)54-53-39-19-17-18-20-44(39)65(15,16)49(53)34-51-55(54)66-58-57(42-33-47-48(35-52(42)69-58)64(13,14)28-27-63(47,11)12)68(51)38-22-23-45-46(32-38)62(9,10)26-25-61(45,7)8/h17-24,29-35,66-67H,25-28H2,1-16H3. The number of nitrogens with one attached hydrogen (secondary N) is 1. The Balaban J connectivity index is 1.24. The normalized spacial score (nSPS) is 19.2. The van der Waals surface area contributed by atoms with Gasteiger partial charge in [-0.1, -0.05) is 147 Å². The molecule has 0 fully saturated rings. The minimum absolute atomic E-state index is 0.0249. The molecule has 0 spiro atoms. The summed E-state index contributed by atoms with van der Waals surface area (Å²) in [5.41, 5.74) is 26.1. The third kappa shape index (κ3) is 6.38. The van der Waals surface area contributed by atoms with Crippen LogP contribution in [0, 0.1) is 0 Å². The number of aromatic amines is 1. The van der Waals surface area contributed by atoms with Crippen LogP contribution in [0.2, 0.25) is 0 Å². The van der Waals surface area contributed by atoms with Crippen LogP contribution >= 0.6 is 0 Å². The number of benzene rings is 6. The maximum Gasteiger partial charge on any atom is 0.244 e. The Hall–Kier alpha value is -5.48. The molecule has 1 aliphatic heterocycles. The Labute approximate surface area is 412 Å². The molecule has 0 amide bonds. The average Bonchev–Trinajstić information content (AvgIpc) is 3.91. The lowest BCUT2D eigenvalue weighted by molar-refractivity contribution is 0.332. The van der Waals surface area contributed by atoms with Gasteiger partial charge in [-0.15, -0.1) is 0 Å². The highest BCUT2D eigenvalue weighted by atomic mass is 16.3. The molecular formula is C65H73BN2O. The minimum atomic E-state index is -0.237. The van der Waals surface area contributed by atoms with Crippen molar-refractivity contribution < 1.29 is 4.42 Å². The van der Waals surface area contributed by atoms with Crippen molar-refractivity contribution in [3.63, 3.8) is 0 Å². The first-order valence-corrected chi connectivity index (χ1v) is 26.1. The summed E-state index contributed by atoms with van der Waals surface area (Å²) in [4.78, 5) is 6.76. The highest BCUT2D eigenvalue weighted by Crippen LogP contribution is 2.57. The first-order valence-electron chi connectivity index (χ1n) is 26.1. The van der Waals surface area contributed by atoms with E-state index < -0.39 is 0 Å². The van der Waals surface area contributed by atoms with Crippen LogP contribution in [0.3, 0.4) is 0 Å². The fraction of sp³-hybridized carbons (Fsp3) is 0.415. The Morgan fingerprint density at radius 3 is 1.80 bits per heavy atom. The summed E-state index contributed by atoms with van der Waals surface area (Å²) >= 11 is 0. The smallest absolute Gasteiger partial charge is 0.244 e. The van der Waals surface area contributed by atoms with Crippen LogP contribution in [0.1, 0.15) is 181 Å². The van der Waals surface area contributed by atoms with E-state index in [1.54, 1.807) is 0 Å². The summed E-state index contributed by atoms with van der Waals surface area (Å²) in [7, 11) is 0.692. The zero-order valence-electron chi connectivity index (χ0n) is 44.6. The number of aromatic nitrogens is 1. The summed E-state index contributed by atoms with van der Waals surface area (Å²) in [6, 6.07) is 36.5. The Kier molecular flexibility index (Phi) is 9.00. The fourth-order valence-corrected chi connectivity index (χ4v) is 13.5. The van der Waals surface area contributed by atoms with E-state index in [2.05, 4.69) is 212 Å². The van der Waals surface area contributed by atoms with E-state index in [1.807, 2.05) is 0 Å². The van der Waals surface area contributed by atoms with Gasteiger partial charge >= 0.3 is 0 Å². The van der Waals surface area contributed by atoms with E-state index in [4.69, 9.17) is 4.42 Å². The number of hydrogen-bond donors (Lipinski definition) is 1. The summed E-state index contributed by atoms with van der Waals surface area (Å²) in [5, 5.41) is 3.81. The van der Waals surface area contributed by atoms with Gasteiger partial charge in [0.1, 0.15) is 5.58 Å². The lowest BCUT2D eigenvalue weighted by Crippen LogP contribution is -2.41. The molecule has 4 heteroatoms. The molecule has 3 heterocycles. The SMILES string of the molecule is CC(C)(C)c1ccc2[nH]c3c(-c4c5c(cc6c4-c4ccccc4C6(C)C)N(c4ccc6c(c4)C(C)(C)CCC6(C)C)c4c(oc6cc7c(cc46)C(C)(C)CCC7(C)C)B5)cc(C(C)(C)C)cc3c2c1. The van der Waals surface area contributed by atoms with Crippen molar-refractivity contribution in [1.82, 2.24) is 4.98 Å². The quantitative estimate of drug-likeness (QED) is 0.175. The second kappa shape index (κ2) is 13.9. The summed E-state index contributed by atoms with van der Waals surface area (Å²) in [6.07, 6.45) is 4.68. The first kappa shape index (κ1) is 44.7. The van der Waals surface area contributed by atoms with Gasteiger partial charge < -0.3 is 14.3 Å². The van der Waals surface area contributed by atoms with Crippen LogP contribution in [0.15, 0.2) is 95.4 Å². The largest absolute Gasteiger partial charge is 0.469 e. The fourth-order valence-electron chi connectivity index (χ4n) is 13.5. The summed E-state index contributed by atoms with van der Waals surface area (Å²) in [6.45, 7) is 38.6. The van der Waals surface area contributed by atoms with Crippen LogP contribution in [0.5, 0.6) is 0 Å². The first-order chi connectivity index (χ1) is 32.2. The van der Waals surface area contributed by atoms with Crippen LogP contribution in [0.25, 0.3) is 55.0 Å². The van der Waals surface area contributed by atoms with Gasteiger partial charge in [0.05, 0.1) is 16.9 Å². The minimum Gasteiger partial charge on any atom is -0.469 e. The Bertz CT molecular complexity index is 3530.